The summed E-state index contributed by atoms with van der Waals surface area (Å²) in [5, 5.41) is 17.5. The van der Waals surface area contributed by atoms with Crippen LogP contribution >= 0.6 is 11.6 Å². The molecule has 128 valence electrons. The lowest BCUT2D eigenvalue weighted by atomic mass is 10.1. The van der Waals surface area contributed by atoms with Gasteiger partial charge in [-0.2, -0.15) is 0 Å². The van der Waals surface area contributed by atoms with Gasteiger partial charge in [-0.15, -0.1) is 5.10 Å². The van der Waals surface area contributed by atoms with Gasteiger partial charge in [0, 0.05) is 10.7 Å². The van der Waals surface area contributed by atoms with Crippen molar-refractivity contribution >= 4 is 23.3 Å². The summed E-state index contributed by atoms with van der Waals surface area (Å²) in [6, 6.07) is 12.5. The van der Waals surface area contributed by atoms with E-state index in [1.54, 1.807) is 22.9 Å². The number of nitrogens with zero attached hydrogens (tertiary/aromatic N) is 4. The van der Waals surface area contributed by atoms with Crippen LogP contribution < -0.4 is 10.6 Å². The number of tetrazole rings is 1. The molecule has 0 aliphatic heterocycles. The summed E-state index contributed by atoms with van der Waals surface area (Å²) in [4.78, 5) is 12.2. The van der Waals surface area contributed by atoms with Gasteiger partial charge in [-0.25, -0.2) is 9.48 Å². The van der Waals surface area contributed by atoms with Crippen LogP contribution in [0, 0.1) is 6.92 Å². The van der Waals surface area contributed by atoms with Crippen molar-refractivity contribution in [2.45, 2.75) is 19.9 Å². The summed E-state index contributed by atoms with van der Waals surface area (Å²) in [5.41, 5.74) is 3.46. The Morgan fingerprint density at radius 3 is 2.60 bits per heavy atom. The second kappa shape index (κ2) is 7.31. The molecule has 0 saturated heterocycles. The number of carbonyl (C=O) groups excluding carboxylic acids is 1. The minimum Gasteiger partial charge on any atom is -0.331 e. The van der Waals surface area contributed by atoms with Crippen LogP contribution in [0.5, 0.6) is 0 Å². The SMILES string of the molecule is Cc1cc(NC(=O)N[C@@H](C)c2ccc(Cl)cc2)ccc1-n1cnnn1. The van der Waals surface area contributed by atoms with Crippen LogP contribution in [0.1, 0.15) is 24.1 Å². The maximum absolute atomic E-state index is 12.2. The molecule has 0 aliphatic rings. The molecule has 0 aliphatic carbocycles. The van der Waals surface area contributed by atoms with E-state index in [4.69, 9.17) is 11.6 Å². The van der Waals surface area contributed by atoms with Gasteiger partial charge >= 0.3 is 6.03 Å². The van der Waals surface area contributed by atoms with E-state index < -0.39 is 0 Å². The highest BCUT2D eigenvalue weighted by Crippen LogP contribution is 2.19. The number of hydrogen-bond acceptors (Lipinski definition) is 4. The van der Waals surface area contributed by atoms with Crippen LogP contribution in [0.15, 0.2) is 48.8 Å². The fraction of sp³-hybridized carbons (Fsp3) is 0.176. The molecule has 0 bridgehead atoms. The van der Waals surface area contributed by atoms with Crippen LogP contribution in [-0.2, 0) is 0 Å². The summed E-state index contributed by atoms with van der Waals surface area (Å²) in [5.74, 6) is 0. The summed E-state index contributed by atoms with van der Waals surface area (Å²) < 4.78 is 1.57. The highest BCUT2D eigenvalue weighted by Gasteiger charge is 2.10. The molecule has 0 fully saturated rings. The zero-order chi connectivity index (χ0) is 17.8. The van der Waals surface area contributed by atoms with Crippen molar-refractivity contribution in [1.82, 2.24) is 25.5 Å². The number of anilines is 1. The molecule has 2 amide bonds. The van der Waals surface area contributed by atoms with Crippen molar-refractivity contribution in [1.29, 1.82) is 0 Å². The smallest absolute Gasteiger partial charge is 0.319 e. The van der Waals surface area contributed by atoms with E-state index in [1.807, 2.05) is 38.1 Å². The fourth-order valence-corrected chi connectivity index (χ4v) is 2.59. The number of nitrogens with one attached hydrogen (secondary N) is 2. The normalized spacial score (nSPS) is 11.8. The highest BCUT2D eigenvalue weighted by molar-refractivity contribution is 6.30. The molecule has 3 aromatic rings. The van der Waals surface area contributed by atoms with Crippen molar-refractivity contribution in [2.75, 3.05) is 5.32 Å². The van der Waals surface area contributed by atoms with Gasteiger partial charge in [0.2, 0.25) is 0 Å². The maximum Gasteiger partial charge on any atom is 0.319 e. The molecular formula is C17H17ClN6O. The number of urea groups is 1. The predicted octanol–water partition coefficient (Wildman–Crippen LogP) is 3.51. The van der Waals surface area contributed by atoms with Crippen molar-refractivity contribution in [2.24, 2.45) is 0 Å². The second-order valence-corrected chi connectivity index (χ2v) is 6.06. The lowest BCUT2D eigenvalue weighted by molar-refractivity contribution is 0.249. The Morgan fingerprint density at radius 1 is 1.20 bits per heavy atom. The summed E-state index contributed by atoms with van der Waals surface area (Å²) in [6.45, 7) is 3.84. The molecule has 0 saturated carbocycles. The van der Waals surface area contributed by atoms with E-state index in [0.29, 0.717) is 10.7 Å². The lowest BCUT2D eigenvalue weighted by Crippen LogP contribution is -2.31. The lowest BCUT2D eigenvalue weighted by Gasteiger charge is -2.16. The van der Waals surface area contributed by atoms with Crippen LogP contribution in [0.25, 0.3) is 5.69 Å². The highest BCUT2D eigenvalue weighted by atomic mass is 35.5. The Balaban J connectivity index is 1.64. The first-order chi connectivity index (χ1) is 12.0. The van der Waals surface area contributed by atoms with E-state index in [1.165, 1.54) is 6.33 Å². The second-order valence-electron chi connectivity index (χ2n) is 5.63. The molecule has 1 aromatic heterocycles. The molecule has 25 heavy (non-hydrogen) atoms. The zero-order valence-corrected chi connectivity index (χ0v) is 14.5. The summed E-state index contributed by atoms with van der Waals surface area (Å²) >= 11 is 5.88. The Labute approximate surface area is 150 Å². The molecule has 0 radical (unpaired) electrons. The molecular weight excluding hydrogens is 340 g/mol. The third kappa shape index (κ3) is 4.13. The fourth-order valence-electron chi connectivity index (χ4n) is 2.46. The quantitative estimate of drug-likeness (QED) is 0.749. The van der Waals surface area contributed by atoms with Gasteiger partial charge in [0.15, 0.2) is 0 Å². The first-order valence-electron chi connectivity index (χ1n) is 7.70. The van der Waals surface area contributed by atoms with Crippen molar-refractivity contribution < 1.29 is 4.79 Å². The average molecular weight is 357 g/mol. The minimum atomic E-state index is -0.281. The third-order valence-corrected chi connectivity index (χ3v) is 4.02. The summed E-state index contributed by atoms with van der Waals surface area (Å²) in [7, 11) is 0. The molecule has 0 spiro atoms. The summed E-state index contributed by atoms with van der Waals surface area (Å²) in [6.07, 6.45) is 1.52. The number of halogens is 1. The standard InChI is InChI=1S/C17H17ClN6O/c1-11-9-15(7-8-16(11)24-10-19-22-23-24)21-17(25)20-12(2)13-3-5-14(18)6-4-13/h3-10,12H,1-2H3,(H2,20,21,25)/t12-/m0/s1. The van der Waals surface area contributed by atoms with Crippen molar-refractivity contribution in [3.8, 4) is 5.69 Å². The molecule has 0 unspecified atom stereocenters. The number of hydrogen-bond donors (Lipinski definition) is 2. The monoisotopic (exact) mass is 356 g/mol. The first-order valence-corrected chi connectivity index (χ1v) is 8.08. The molecule has 2 N–H and O–H groups in total. The molecule has 1 atom stereocenters. The molecule has 2 aromatic carbocycles. The molecule has 7 nitrogen and oxygen atoms in total. The van der Waals surface area contributed by atoms with Crippen LogP contribution in [0.4, 0.5) is 10.5 Å². The van der Waals surface area contributed by atoms with Gasteiger partial charge in [-0.05, 0) is 65.7 Å². The van der Waals surface area contributed by atoms with E-state index in [0.717, 1.165) is 16.8 Å². The van der Waals surface area contributed by atoms with E-state index in [9.17, 15) is 4.79 Å². The number of amides is 2. The van der Waals surface area contributed by atoms with Crippen LogP contribution in [-0.4, -0.2) is 26.2 Å². The van der Waals surface area contributed by atoms with Gasteiger partial charge in [-0.1, -0.05) is 23.7 Å². The Kier molecular flexibility index (Phi) is 4.95. The number of aromatic nitrogens is 4. The van der Waals surface area contributed by atoms with Crippen LogP contribution in [0.3, 0.4) is 0 Å². The Bertz CT molecular complexity index is 863. The van der Waals surface area contributed by atoms with E-state index in [2.05, 4.69) is 26.2 Å². The number of carbonyl (C=O) groups is 1. The van der Waals surface area contributed by atoms with Gasteiger partial charge in [0.05, 0.1) is 11.7 Å². The van der Waals surface area contributed by atoms with Gasteiger partial charge in [0.25, 0.3) is 0 Å². The van der Waals surface area contributed by atoms with Gasteiger partial charge in [-0.3, -0.25) is 0 Å². The largest absolute Gasteiger partial charge is 0.331 e. The van der Waals surface area contributed by atoms with E-state index in [-0.39, 0.29) is 12.1 Å². The number of rotatable bonds is 4. The molecule has 1 heterocycles. The number of benzene rings is 2. The molecule has 3 rings (SSSR count). The zero-order valence-electron chi connectivity index (χ0n) is 13.8. The molecule has 8 heteroatoms. The maximum atomic E-state index is 12.2. The predicted molar refractivity (Wildman–Crippen MR) is 95.9 cm³/mol. The third-order valence-electron chi connectivity index (χ3n) is 3.77. The topological polar surface area (TPSA) is 84.7 Å². The Morgan fingerprint density at radius 2 is 1.96 bits per heavy atom. The first kappa shape index (κ1) is 16.9. The number of aryl methyl sites for hydroxylation is 1. The van der Waals surface area contributed by atoms with Gasteiger partial charge < -0.3 is 10.6 Å². The van der Waals surface area contributed by atoms with Crippen molar-refractivity contribution in [3.05, 3.63) is 64.9 Å². The van der Waals surface area contributed by atoms with E-state index >= 15 is 0 Å². The Hall–Kier alpha value is -2.93. The minimum absolute atomic E-state index is 0.140. The van der Waals surface area contributed by atoms with Gasteiger partial charge in [0.1, 0.15) is 6.33 Å². The van der Waals surface area contributed by atoms with Crippen molar-refractivity contribution in [3.63, 3.8) is 0 Å². The van der Waals surface area contributed by atoms with Crippen LogP contribution in [0.2, 0.25) is 5.02 Å². The average Bonchev–Trinajstić information content (AvgIpc) is 3.09.